The van der Waals surface area contributed by atoms with Crippen LogP contribution in [0.2, 0.25) is 0 Å². The smallest absolute Gasteiger partial charge is 0.422 e. The summed E-state index contributed by atoms with van der Waals surface area (Å²) in [6.45, 7) is -0.998. The van der Waals surface area contributed by atoms with Crippen LogP contribution in [0.4, 0.5) is 23.2 Å². The van der Waals surface area contributed by atoms with E-state index in [1.54, 1.807) is 0 Å². The maximum atomic E-state index is 13.8. The number of alkyl halides is 3. The van der Waals surface area contributed by atoms with Gasteiger partial charge in [0.25, 0.3) is 0 Å². The molecule has 0 unspecified atom stereocenters. The number of halogens is 4. The van der Waals surface area contributed by atoms with E-state index in [1.807, 2.05) is 0 Å². The average molecular weight is 476 g/mol. The standard InChI is InChI=1S/C20H20F4N2O5S/c21-16-4-2-1-3-14(16)11-19(27)25-17-12-15(5-6-18(17)31-13-20(22,23)24)32(28,29)26-7-9-30-10-8-26/h1-6,12H,7-11,13H2,(H,25,27). The van der Waals surface area contributed by atoms with Crippen LogP contribution < -0.4 is 10.1 Å². The number of benzene rings is 2. The summed E-state index contributed by atoms with van der Waals surface area (Å²) in [4.78, 5) is 12.2. The topological polar surface area (TPSA) is 84.9 Å². The molecular formula is C20H20F4N2O5S. The van der Waals surface area contributed by atoms with Gasteiger partial charge in [-0.15, -0.1) is 0 Å². The van der Waals surface area contributed by atoms with Crippen molar-refractivity contribution in [2.24, 2.45) is 0 Å². The minimum absolute atomic E-state index is 0.0693. The van der Waals surface area contributed by atoms with E-state index in [2.05, 4.69) is 5.32 Å². The van der Waals surface area contributed by atoms with Crippen molar-refractivity contribution in [2.45, 2.75) is 17.5 Å². The van der Waals surface area contributed by atoms with Crippen LogP contribution in [-0.2, 0) is 26.0 Å². The first-order chi connectivity index (χ1) is 15.1. The molecule has 32 heavy (non-hydrogen) atoms. The van der Waals surface area contributed by atoms with Crippen LogP contribution in [-0.4, -0.2) is 57.7 Å². The number of amides is 1. The zero-order valence-electron chi connectivity index (χ0n) is 16.7. The first kappa shape index (κ1) is 24.0. The Kier molecular flexibility index (Phi) is 7.36. The van der Waals surface area contributed by atoms with Crippen molar-refractivity contribution in [3.63, 3.8) is 0 Å². The summed E-state index contributed by atoms with van der Waals surface area (Å²) in [5, 5.41) is 2.33. The van der Waals surface area contributed by atoms with E-state index in [0.29, 0.717) is 0 Å². The van der Waals surface area contributed by atoms with E-state index < -0.39 is 41.0 Å². The Morgan fingerprint density at radius 1 is 1.12 bits per heavy atom. The second kappa shape index (κ2) is 9.84. The number of hydrogen-bond donors (Lipinski definition) is 1. The predicted molar refractivity (Wildman–Crippen MR) is 106 cm³/mol. The molecule has 1 N–H and O–H groups in total. The van der Waals surface area contributed by atoms with E-state index in [9.17, 15) is 30.8 Å². The lowest BCUT2D eigenvalue weighted by atomic mass is 10.1. The van der Waals surface area contributed by atoms with E-state index in [0.717, 1.165) is 24.3 Å². The van der Waals surface area contributed by atoms with Gasteiger partial charge in [0.05, 0.1) is 30.2 Å². The van der Waals surface area contributed by atoms with Gasteiger partial charge in [-0.2, -0.15) is 17.5 Å². The number of sulfonamides is 1. The summed E-state index contributed by atoms with van der Waals surface area (Å²) in [5.74, 6) is -1.75. The lowest BCUT2D eigenvalue weighted by molar-refractivity contribution is -0.153. The summed E-state index contributed by atoms with van der Waals surface area (Å²) in [6.07, 6.45) is -5.06. The van der Waals surface area contributed by atoms with Gasteiger partial charge in [-0.1, -0.05) is 18.2 Å². The van der Waals surface area contributed by atoms with Crippen molar-refractivity contribution >= 4 is 21.6 Å². The number of ether oxygens (including phenoxy) is 2. The van der Waals surface area contributed by atoms with E-state index >= 15 is 0 Å². The Hall–Kier alpha value is -2.70. The summed E-state index contributed by atoms with van der Waals surface area (Å²) >= 11 is 0. The SMILES string of the molecule is O=C(Cc1ccccc1F)Nc1cc(S(=O)(=O)N2CCOCC2)ccc1OCC(F)(F)F. The zero-order chi connectivity index (χ0) is 23.4. The highest BCUT2D eigenvalue weighted by Crippen LogP contribution is 2.31. The fraction of sp³-hybridized carbons (Fsp3) is 0.350. The average Bonchev–Trinajstić information content (AvgIpc) is 2.74. The molecule has 0 aliphatic carbocycles. The first-order valence-electron chi connectivity index (χ1n) is 9.51. The quantitative estimate of drug-likeness (QED) is 0.622. The number of carbonyl (C=O) groups excluding carboxylic acids is 1. The molecule has 2 aromatic rings. The molecule has 0 saturated carbocycles. The molecule has 0 bridgehead atoms. The van der Waals surface area contributed by atoms with Crippen molar-refractivity contribution in [3.8, 4) is 5.75 Å². The van der Waals surface area contributed by atoms with Crippen LogP contribution in [0.1, 0.15) is 5.56 Å². The van der Waals surface area contributed by atoms with Gasteiger partial charge in [0.15, 0.2) is 6.61 Å². The molecule has 1 fully saturated rings. The molecular weight excluding hydrogens is 456 g/mol. The van der Waals surface area contributed by atoms with Crippen molar-refractivity contribution in [3.05, 3.63) is 53.8 Å². The van der Waals surface area contributed by atoms with Gasteiger partial charge in [-0.05, 0) is 29.8 Å². The number of anilines is 1. The molecule has 174 valence electrons. The van der Waals surface area contributed by atoms with Crippen LogP contribution in [0.25, 0.3) is 0 Å². The molecule has 1 saturated heterocycles. The highest BCUT2D eigenvalue weighted by atomic mass is 32.2. The second-order valence-electron chi connectivity index (χ2n) is 6.89. The Morgan fingerprint density at radius 2 is 1.81 bits per heavy atom. The Balaban J connectivity index is 1.88. The van der Waals surface area contributed by atoms with Gasteiger partial charge in [0, 0.05) is 13.1 Å². The highest BCUT2D eigenvalue weighted by Gasteiger charge is 2.30. The molecule has 12 heteroatoms. The summed E-state index contributed by atoms with van der Waals surface area (Å²) < 4.78 is 88.5. The zero-order valence-corrected chi connectivity index (χ0v) is 17.5. The van der Waals surface area contributed by atoms with Crippen LogP contribution in [0.3, 0.4) is 0 Å². The Labute approximate surface area is 182 Å². The summed E-state index contributed by atoms with van der Waals surface area (Å²) in [5.41, 5.74) is -0.204. The fourth-order valence-corrected chi connectivity index (χ4v) is 4.43. The van der Waals surface area contributed by atoms with E-state index in [-0.39, 0.29) is 48.2 Å². The number of nitrogens with one attached hydrogen (secondary N) is 1. The van der Waals surface area contributed by atoms with Crippen LogP contribution in [0.15, 0.2) is 47.4 Å². The number of morpholine rings is 1. The fourth-order valence-electron chi connectivity index (χ4n) is 3.00. The van der Waals surface area contributed by atoms with Crippen LogP contribution in [0.5, 0.6) is 5.75 Å². The number of rotatable bonds is 7. The van der Waals surface area contributed by atoms with Crippen molar-refractivity contribution in [1.82, 2.24) is 4.31 Å². The van der Waals surface area contributed by atoms with Crippen molar-refractivity contribution in [2.75, 3.05) is 38.2 Å². The van der Waals surface area contributed by atoms with Crippen molar-refractivity contribution < 1.29 is 40.2 Å². The molecule has 0 spiro atoms. The van der Waals surface area contributed by atoms with Gasteiger partial charge >= 0.3 is 6.18 Å². The Morgan fingerprint density at radius 3 is 2.47 bits per heavy atom. The Bertz CT molecular complexity index is 1070. The van der Waals surface area contributed by atoms with Gasteiger partial charge in [0.1, 0.15) is 11.6 Å². The van der Waals surface area contributed by atoms with Gasteiger partial charge in [0.2, 0.25) is 15.9 Å². The summed E-state index contributed by atoms with van der Waals surface area (Å²) in [7, 11) is -3.98. The third-order valence-electron chi connectivity index (χ3n) is 4.53. The first-order valence-corrected chi connectivity index (χ1v) is 10.9. The van der Waals surface area contributed by atoms with Gasteiger partial charge < -0.3 is 14.8 Å². The molecule has 1 heterocycles. The number of nitrogens with zero attached hydrogens (tertiary/aromatic N) is 1. The molecule has 2 aromatic carbocycles. The lowest BCUT2D eigenvalue weighted by Gasteiger charge is -2.26. The number of carbonyl (C=O) groups is 1. The van der Waals surface area contributed by atoms with Crippen LogP contribution >= 0.6 is 0 Å². The monoisotopic (exact) mass is 476 g/mol. The highest BCUT2D eigenvalue weighted by molar-refractivity contribution is 7.89. The minimum Gasteiger partial charge on any atom is -0.482 e. The van der Waals surface area contributed by atoms with Crippen molar-refractivity contribution in [1.29, 1.82) is 0 Å². The largest absolute Gasteiger partial charge is 0.482 e. The minimum atomic E-state index is -4.65. The third kappa shape index (κ3) is 6.17. The lowest BCUT2D eigenvalue weighted by Crippen LogP contribution is -2.40. The van der Waals surface area contributed by atoms with Gasteiger partial charge in [-0.3, -0.25) is 4.79 Å². The van der Waals surface area contributed by atoms with E-state index in [4.69, 9.17) is 9.47 Å². The molecule has 7 nitrogen and oxygen atoms in total. The van der Waals surface area contributed by atoms with Crippen LogP contribution in [0, 0.1) is 5.82 Å². The molecule has 0 atom stereocenters. The third-order valence-corrected chi connectivity index (χ3v) is 6.43. The molecule has 0 radical (unpaired) electrons. The molecule has 1 amide bonds. The summed E-state index contributed by atoms with van der Waals surface area (Å²) in [6, 6.07) is 8.68. The maximum Gasteiger partial charge on any atom is 0.422 e. The van der Waals surface area contributed by atoms with Gasteiger partial charge in [-0.25, -0.2) is 12.8 Å². The normalized spacial score (nSPS) is 15.4. The molecule has 3 rings (SSSR count). The number of hydrogen-bond acceptors (Lipinski definition) is 5. The molecule has 1 aliphatic heterocycles. The molecule has 1 aliphatic rings. The molecule has 0 aromatic heterocycles. The van der Waals surface area contributed by atoms with E-state index in [1.165, 1.54) is 22.5 Å². The second-order valence-corrected chi connectivity index (χ2v) is 8.83. The maximum absolute atomic E-state index is 13.8. The predicted octanol–water partition coefficient (Wildman–Crippen LogP) is 2.97.